The number of aryl methyl sites for hydroxylation is 14. The van der Waals surface area contributed by atoms with Gasteiger partial charge >= 0.3 is 0 Å². The van der Waals surface area contributed by atoms with E-state index >= 15 is 0 Å². The van der Waals surface area contributed by atoms with Gasteiger partial charge in [0.2, 0.25) is 28.5 Å². The van der Waals surface area contributed by atoms with Gasteiger partial charge in [-0.25, -0.2) is 22.8 Å². The van der Waals surface area contributed by atoms with Gasteiger partial charge in [-0.05, 0) is 248 Å². The topological polar surface area (TPSA) is 19.4 Å². The van der Waals surface area contributed by atoms with Crippen LogP contribution in [0.15, 0.2) is 171 Å². The van der Waals surface area contributed by atoms with Gasteiger partial charge in [-0.1, -0.05) is 250 Å². The Labute approximate surface area is 733 Å². The molecule has 5 aromatic heterocycles. The van der Waals surface area contributed by atoms with Crippen LogP contribution in [0.3, 0.4) is 0 Å². The normalized spacial score (nSPS) is 16.8. The Bertz CT molecular complexity index is 6070. The van der Waals surface area contributed by atoms with Crippen LogP contribution in [0.4, 0.5) is 0 Å². The average molecular weight is 1560 g/mol. The highest BCUT2D eigenvalue weighted by molar-refractivity contribution is 5.66. The molecule has 0 atom stereocenters. The number of nitrogens with zero attached hydrogens (tertiary/aromatic N) is 5. The lowest BCUT2D eigenvalue weighted by atomic mass is 9.81. The van der Waals surface area contributed by atoms with Crippen molar-refractivity contribution in [3.05, 3.63) is 265 Å². The minimum Gasteiger partial charge on any atom is -0.201 e. The maximum atomic E-state index is 9.05. The highest BCUT2D eigenvalue weighted by Gasteiger charge is 2.29. The fourth-order valence-electron chi connectivity index (χ4n) is 13.2. The molecular formula is C109H158N5+5. The van der Waals surface area contributed by atoms with Gasteiger partial charge in [-0.15, -0.1) is 0 Å². The molecule has 0 saturated carbocycles. The zero-order chi connectivity index (χ0) is 108. The zero-order valence-electron chi connectivity index (χ0n) is 101. The first-order chi connectivity index (χ1) is 62.1. The highest BCUT2D eigenvalue weighted by Crippen LogP contribution is 2.37. The van der Waals surface area contributed by atoms with Crippen LogP contribution in [0.2, 0.25) is 0 Å². The van der Waals surface area contributed by atoms with E-state index in [-0.39, 0.29) is 16.7 Å². The molecule has 5 heteroatoms. The minimum atomic E-state index is -2.38. The molecule has 5 aromatic carbocycles. The van der Waals surface area contributed by atoms with Crippen LogP contribution in [0, 0.1) is 105 Å². The van der Waals surface area contributed by atoms with Crippen LogP contribution in [-0.4, -0.2) is 0 Å². The van der Waals surface area contributed by atoms with E-state index in [2.05, 4.69) is 19.1 Å². The van der Waals surface area contributed by atoms with Crippen LogP contribution in [-0.2, 0) is 86.2 Å². The van der Waals surface area contributed by atoms with Crippen molar-refractivity contribution < 1.29 is 57.1 Å². The molecule has 0 fully saturated rings. The first kappa shape index (κ1) is 63.1. The molecule has 0 aliphatic heterocycles. The molecule has 5 nitrogen and oxygen atoms in total. The van der Waals surface area contributed by atoms with E-state index in [0.29, 0.717) is 50.2 Å². The molecule has 0 saturated heterocycles. The number of aromatic nitrogens is 5. The van der Waals surface area contributed by atoms with E-state index in [1.165, 1.54) is 5.56 Å². The summed E-state index contributed by atoms with van der Waals surface area (Å²) < 4.78 is 220. The second kappa shape index (κ2) is 38.3. The van der Waals surface area contributed by atoms with Crippen molar-refractivity contribution in [2.75, 3.05) is 0 Å². The van der Waals surface area contributed by atoms with Gasteiger partial charge in [0.25, 0.3) is 0 Å². The van der Waals surface area contributed by atoms with Gasteiger partial charge in [0, 0.05) is 121 Å². The van der Waals surface area contributed by atoms with Crippen molar-refractivity contribution >= 4 is 0 Å². The molecule has 0 aliphatic rings. The summed E-state index contributed by atoms with van der Waals surface area (Å²) in [5, 5.41) is 0. The predicted octanol–water partition coefficient (Wildman–Crippen LogP) is 26.4. The van der Waals surface area contributed by atoms with E-state index in [4.69, 9.17) is 34.3 Å². The van der Waals surface area contributed by atoms with Gasteiger partial charge in [-0.3, -0.25) is 0 Å². The molecule has 0 radical (unpaired) electrons. The molecule has 0 N–H and O–H groups in total. The third-order valence-corrected chi connectivity index (χ3v) is 17.8. The fraction of sp³-hybridized carbons (Fsp3) is 0.495. The molecule has 0 amide bonds. The number of rotatable bonds is 13. The third kappa shape index (κ3) is 30.5. The number of hydrogen-bond donors (Lipinski definition) is 0. The summed E-state index contributed by atoms with van der Waals surface area (Å²) in [5.41, 5.74) is 13.0. The summed E-state index contributed by atoms with van der Waals surface area (Å²) in [7, 11) is 9.36. The Morgan fingerprint density at radius 1 is 0.237 bits per heavy atom. The molecule has 0 spiro atoms. The zero-order valence-corrected chi connectivity index (χ0v) is 76.4. The van der Waals surface area contributed by atoms with Crippen molar-refractivity contribution in [1.29, 1.82) is 0 Å². The Hall–Kier alpha value is -8.15. The molecule has 5 heterocycles. The van der Waals surface area contributed by atoms with Crippen LogP contribution in [0.25, 0.3) is 56.3 Å². The monoisotopic (exact) mass is 1560 g/mol. The van der Waals surface area contributed by atoms with Crippen molar-refractivity contribution in [2.45, 2.75) is 279 Å². The van der Waals surface area contributed by atoms with Crippen LogP contribution >= 0.6 is 0 Å². The average Bonchev–Trinajstić information content (AvgIpc) is 0.740. The first-order valence-electron chi connectivity index (χ1n) is 52.7. The smallest absolute Gasteiger partial charge is 0.201 e. The van der Waals surface area contributed by atoms with E-state index in [9.17, 15) is 0 Å². The first-order valence-corrected chi connectivity index (χ1v) is 40.2. The molecule has 0 bridgehead atoms. The quantitative estimate of drug-likeness (QED) is 0.103. The SMILES string of the molecule is [2H]C([2H])([2H])c1c[n+](C)c(-c2ccccc2C)cc1C([2H])([2H])C(C)(C)C.[2H]C([2H])([2H])c1ccc(-c2cc(C([2H])([2H])C(C)(C)C)c(C([2H])([2H])C(C)(C)C)c[n+]2C)c(C)c1.[2H]C([2H])([2H])c1ccc(-c2cc(C)cc[n+]2C)c(C)c1.[2H]C([2H])(c1cc(-c2ccccc2C)[n+](C)cc1C([2H])([2H])C(C)(C)C)C(C)(C)C.[2H]C([2H])(c1ccc(-c2cc(C([2H])([2H])C(C)(C)C)c(C([2H])([2H])C(C)(C)C)c[n+]2C)c(C)c1)C(C)(C)C. The second-order valence-corrected chi connectivity index (χ2v) is 39.3. The van der Waals surface area contributed by atoms with E-state index < -0.39 is 115 Å². The standard InChI is InChI=1S/C28H44N.C24H36N.C23H34N.C19H26N.C15H18N/c1-20-14-21(16-26(2,3)4)12-13-24(20)25-15-22(17-27(5,6)7)23(19-29(25)11)18-28(8,9)10;1-17-10-11-21(18(2)12-17)22-13-19(14-23(3,4)5)20(16-25(22)9)15-24(6,7)8;1-17-11-9-10-12-20(17)21-13-18(14-22(2,3)4)19(16-24(21)8)15-23(5,6)7;1-14-9-7-8-10-17(14)18-11-16(12-19(3,4)5)15(2)13-20(18)6;1-11-5-6-14(13(3)9-11)15-10-12(2)7-8-16(15)4/h12-15,19H,16-18H2,1-11H3;10-13,16H,14-15H2,1-9H3;9-13,16H,14-15H2,1-8H3;7-11,13H,12H2,1-6H3;5-10H,1-4H3/q5*+1/i16D2,17D2,18D2;1D3,14D2,15D2;14D2,15D2;2D3,12D2;1D3. The fourth-order valence-corrected chi connectivity index (χ4v) is 13.2. The van der Waals surface area contributed by atoms with Crippen LogP contribution in [0.5, 0.6) is 0 Å². The van der Waals surface area contributed by atoms with Crippen molar-refractivity contribution in [1.82, 2.24) is 0 Å². The van der Waals surface area contributed by atoms with Crippen molar-refractivity contribution in [2.24, 2.45) is 78.6 Å². The largest absolute Gasteiger partial charge is 0.212 e. The summed E-state index contributed by atoms with van der Waals surface area (Å²) >= 11 is 0. The van der Waals surface area contributed by atoms with Crippen LogP contribution in [0.1, 0.15) is 295 Å². The van der Waals surface area contributed by atoms with E-state index in [1.807, 2.05) is 307 Å². The Kier molecular flexibility index (Phi) is 21.2. The van der Waals surface area contributed by atoms with Gasteiger partial charge in [0.05, 0.1) is 0 Å². The number of benzene rings is 5. The Morgan fingerprint density at radius 3 is 0.825 bits per heavy atom. The molecule has 614 valence electrons. The summed E-state index contributed by atoms with van der Waals surface area (Å²) in [4.78, 5) is 0. The second-order valence-electron chi connectivity index (χ2n) is 39.3. The molecule has 0 aliphatic carbocycles. The highest BCUT2D eigenvalue weighted by atomic mass is 14.9. The molecule has 0 unspecified atom stereocenters. The maximum absolute atomic E-state index is 9.05. The number of hydrogen-bond acceptors (Lipinski definition) is 0. The summed E-state index contributed by atoms with van der Waals surface area (Å²) in [6.45, 7) is 49.3. The van der Waals surface area contributed by atoms with Gasteiger partial charge in [0.15, 0.2) is 31.0 Å². The van der Waals surface area contributed by atoms with Gasteiger partial charge in [0.1, 0.15) is 35.2 Å². The van der Waals surface area contributed by atoms with Crippen LogP contribution < -0.4 is 22.8 Å². The lowest BCUT2D eigenvalue weighted by molar-refractivity contribution is -0.661. The summed E-state index contributed by atoms with van der Waals surface area (Å²) in [6, 6.07) is 43.0. The molecule has 10 aromatic rings. The van der Waals surface area contributed by atoms with E-state index in [0.717, 1.165) is 78.4 Å². The van der Waals surface area contributed by atoms with E-state index in [1.54, 1.807) is 110 Å². The predicted molar refractivity (Wildman–Crippen MR) is 493 cm³/mol. The van der Waals surface area contributed by atoms with Gasteiger partial charge < -0.3 is 0 Å². The molecule has 114 heavy (non-hydrogen) atoms. The summed E-state index contributed by atoms with van der Waals surface area (Å²) in [6.07, 6.45) is -5.06. The maximum Gasteiger partial charge on any atom is 0.212 e. The number of pyridine rings is 5. The lowest BCUT2D eigenvalue weighted by Crippen LogP contribution is -2.33. The Balaban J connectivity index is 0.000000270. The summed E-state index contributed by atoms with van der Waals surface area (Å²) in [5.74, 6) is 0. The minimum absolute atomic E-state index is 0.0623. The lowest BCUT2D eigenvalue weighted by Gasteiger charge is -2.24. The third-order valence-electron chi connectivity index (χ3n) is 17.8. The Morgan fingerprint density at radius 2 is 0.518 bits per heavy atom. The molecule has 10 rings (SSSR count). The van der Waals surface area contributed by atoms with Gasteiger partial charge in [-0.2, -0.15) is 0 Å². The van der Waals surface area contributed by atoms with Crippen molar-refractivity contribution in [3.63, 3.8) is 0 Å². The molecular weight excluding hydrogens is 1380 g/mol. The van der Waals surface area contributed by atoms with Crippen molar-refractivity contribution in [3.8, 4) is 56.3 Å².